The van der Waals surface area contributed by atoms with Crippen LogP contribution >= 0.6 is 12.4 Å². The van der Waals surface area contributed by atoms with Crippen molar-refractivity contribution >= 4 is 18.1 Å². The summed E-state index contributed by atoms with van der Waals surface area (Å²) in [7, 11) is 0. The van der Waals surface area contributed by atoms with Crippen LogP contribution in [0.25, 0.3) is 0 Å². The average Bonchev–Trinajstić information content (AvgIpc) is 3.14. The summed E-state index contributed by atoms with van der Waals surface area (Å²) >= 11 is 0. The number of benzene rings is 1. The van der Waals surface area contributed by atoms with Crippen LogP contribution in [-0.4, -0.2) is 49.3 Å². The zero-order valence-electron chi connectivity index (χ0n) is 16.7. The summed E-state index contributed by atoms with van der Waals surface area (Å²) in [5.74, 6) is 0.684. The minimum atomic E-state index is 0. The summed E-state index contributed by atoms with van der Waals surface area (Å²) in [5.41, 5.74) is 2.71. The van der Waals surface area contributed by atoms with E-state index < -0.39 is 0 Å². The highest BCUT2D eigenvalue weighted by Gasteiger charge is 2.34. The molecule has 4 unspecified atom stereocenters. The molecule has 0 aromatic heterocycles. The smallest absolute Gasteiger partial charge is 0.0623 e. The summed E-state index contributed by atoms with van der Waals surface area (Å²) in [5, 5.41) is 7.48. The predicted octanol–water partition coefficient (Wildman–Crippen LogP) is 4.05. The Morgan fingerprint density at radius 1 is 1.11 bits per heavy atom. The Kier molecular flexibility index (Phi) is 7.83. The van der Waals surface area contributed by atoms with E-state index in [9.17, 15) is 0 Å². The highest BCUT2D eigenvalue weighted by Crippen LogP contribution is 2.32. The maximum Gasteiger partial charge on any atom is 0.0623 e. The molecule has 0 radical (unpaired) electrons. The van der Waals surface area contributed by atoms with E-state index in [2.05, 4.69) is 46.7 Å². The molecule has 1 aliphatic carbocycles. The van der Waals surface area contributed by atoms with Gasteiger partial charge in [-0.1, -0.05) is 25.0 Å². The first kappa shape index (κ1) is 20.9. The molecule has 0 spiro atoms. The van der Waals surface area contributed by atoms with Crippen molar-refractivity contribution in [1.29, 1.82) is 0 Å². The normalized spacial score (nSPS) is 32.0. The molecule has 2 heterocycles. The Morgan fingerprint density at radius 3 is 2.70 bits per heavy atom. The second kappa shape index (κ2) is 10.1. The van der Waals surface area contributed by atoms with E-state index in [4.69, 9.17) is 4.74 Å². The molecule has 4 atom stereocenters. The molecule has 1 saturated carbocycles. The first-order chi connectivity index (χ1) is 12.8. The maximum absolute atomic E-state index is 5.69. The van der Waals surface area contributed by atoms with Gasteiger partial charge in [0.25, 0.3) is 0 Å². The van der Waals surface area contributed by atoms with Crippen molar-refractivity contribution in [2.75, 3.05) is 31.6 Å². The van der Waals surface area contributed by atoms with Crippen molar-refractivity contribution in [2.45, 2.75) is 70.1 Å². The fourth-order valence-electron chi connectivity index (χ4n) is 5.06. The van der Waals surface area contributed by atoms with Gasteiger partial charge in [-0.05, 0) is 62.8 Å². The van der Waals surface area contributed by atoms with Crippen LogP contribution in [0.15, 0.2) is 24.3 Å². The number of anilines is 1. The molecule has 2 N–H and O–H groups in total. The lowest BCUT2D eigenvalue weighted by atomic mass is 9.93. The molecule has 0 amide bonds. The van der Waals surface area contributed by atoms with Crippen LogP contribution < -0.4 is 10.6 Å². The third-order valence-corrected chi connectivity index (χ3v) is 6.67. The molecule has 2 aliphatic heterocycles. The Hall–Kier alpha value is -0.810. The number of hydrogen-bond donors (Lipinski definition) is 2. The summed E-state index contributed by atoms with van der Waals surface area (Å²) < 4.78 is 5.69. The molecule has 1 aromatic rings. The van der Waals surface area contributed by atoms with E-state index in [0.717, 1.165) is 32.3 Å². The summed E-state index contributed by atoms with van der Waals surface area (Å²) in [6, 6.07) is 11.0. The average molecular weight is 394 g/mol. The number of nitrogens with one attached hydrogen (secondary N) is 2. The van der Waals surface area contributed by atoms with E-state index in [1.54, 1.807) is 0 Å². The zero-order chi connectivity index (χ0) is 17.8. The van der Waals surface area contributed by atoms with Crippen LogP contribution in [0, 0.1) is 5.92 Å². The van der Waals surface area contributed by atoms with Gasteiger partial charge in [0.05, 0.1) is 13.2 Å². The van der Waals surface area contributed by atoms with E-state index in [1.165, 1.54) is 56.3 Å². The monoisotopic (exact) mass is 393 g/mol. The second-order valence-corrected chi connectivity index (χ2v) is 8.49. The van der Waals surface area contributed by atoms with Gasteiger partial charge < -0.3 is 15.4 Å². The topological polar surface area (TPSA) is 36.5 Å². The van der Waals surface area contributed by atoms with Crippen molar-refractivity contribution in [3.63, 3.8) is 0 Å². The Morgan fingerprint density at radius 2 is 1.96 bits per heavy atom. The number of rotatable bonds is 5. The number of morpholine rings is 1. The lowest BCUT2D eigenvalue weighted by molar-refractivity contribution is 0.0559. The highest BCUT2D eigenvalue weighted by atomic mass is 35.5. The lowest BCUT2D eigenvalue weighted by Crippen LogP contribution is -2.49. The summed E-state index contributed by atoms with van der Waals surface area (Å²) in [4.78, 5) is 2.63. The van der Waals surface area contributed by atoms with Gasteiger partial charge in [-0.2, -0.15) is 0 Å². The molecule has 3 aliphatic rings. The van der Waals surface area contributed by atoms with Crippen molar-refractivity contribution in [1.82, 2.24) is 10.2 Å². The van der Waals surface area contributed by atoms with Gasteiger partial charge in [-0.15, -0.1) is 12.4 Å². The molecule has 4 nitrogen and oxygen atoms in total. The highest BCUT2D eigenvalue weighted by molar-refractivity contribution is 5.85. The van der Waals surface area contributed by atoms with Crippen LogP contribution in [0.1, 0.15) is 51.0 Å². The van der Waals surface area contributed by atoms with Crippen molar-refractivity contribution in [2.24, 2.45) is 5.92 Å². The van der Waals surface area contributed by atoms with Crippen LogP contribution in [0.4, 0.5) is 5.69 Å². The minimum Gasteiger partial charge on any atom is -0.382 e. The minimum absolute atomic E-state index is 0. The van der Waals surface area contributed by atoms with Crippen LogP contribution in [0.5, 0.6) is 0 Å². The third kappa shape index (κ3) is 5.38. The zero-order valence-corrected chi connectivity index (χ0v) is 17.5. The molecule has 1 aromatic carbocycles. The van der Waals surface area contributed by atoms with Crippen LogP contribution in [0.2, 0.25) is 0 Å². The maximum atomic E-state index is 5.69. The summed E-state index contributed by atoms with van der Waals surface area (Å²) in [6.45, 7) is 7.45. The largest absolute Gasteiger partial charge is 0.382 e. The number of ether oxygens (including phenoxy) is 1. The van der Waals surface area contributed by atoms with E-state index in [0.29, 0.717) is 18.0 Å². The SMILES string of the molecule is CC1CCCCN1Cc1ccc(NC2CCCC2C2COCCN2)cc1.Cl. The molecule has 27 heavy (non-hydrogen) atoms. The third-order valence-electron chi connectivity index (χ3n) is 6.67. The van der Waals surface area contributed by atoms with Crippen molar-refractivity contribution in [3.8, 4) is 0 Å². The number of piperidine rings is 1. The number of hydrogen-bond acceptors (Lipinski definition) is 4. The fourth-order valence-corrected chi connectivity index (χ4v) is 5.06. The van der Waals surface area contributed by atoms with Gasteiger partial charge in [0.15, 0.2) is 0 Å². The van der Waals surface area contributed by atoms with Gasteiger partial charge in [-0.25, -0.2) is 0 Å². The molecular formula is C22H36ClN3O. The van der Waals surface area contributed by atoms with E-state index in [1.807, 2.05) is 0 Å². The summed E-state index contributed by atoms with van der Waals surface area (Å²) in [6.07, 6.45) is 8.00. The van der Waals surface area contributed by atoms with E-state index in [-0.39, 0.29) is 12.4 Å². The molecule has 3 fully saturated rings. The number of likely N-dealkylation sites (tertiary alicyclic amines) is 1. The first-order valence-corrected chi connectivity index (χ1v) is 10.7. The number of nitrogens with zero attached hydrogens (tertiary/aromatic N) is 1. The van der Waals surface area contributed by atoms with E-state index >= 15 is 0 Å². The molecule has 4 rings (SSSR count). The molecule has 152 valence electrons. The Balaban J connectivity index is 0.00000210. The van der Waals surface area contributed by atoms with Crippen LogP contribution in [0.3, 0.4) is 0 Å². The van der Waals surface area contributed by atoms with Gasteiger partial charge in [0.2, 0.25) is 0 Å². The first-order valence-electron chi connectivity index (χ1n) is 10.7. The lowest BCUT2D eigenvalue weighted by Gasteiger charge is -2.34. The second-order valence-electron chi connectivity index (χ2n) is 8.49. The predicted molar refractivity (Wildman–Crippen MR) is 115 cm³/mol. The number of halogens is 1. The van der Waals surface area contributed by atoms with Gasteiger partial charge in [0.1, 0.15) is 0 Å². The molecule has 5 heteroatoms. The Bertz CT molecular complexity index is 561. The standard InChI is InChI=1S/C22H35N3O.ClH/c1-17-5-2-3-13-25(17)15-18-8-10-19(11-9-18)24-21-7-4-6-20(21)22-16-26-14-12-23-22;/h8-11,17,20-24H,2-7,12-16H2,1H3;1H. The van der Waals surface area contributed by atoms with Crippen molar-refractivity contribution in [3.05, 3.63) is 29.8 Å². The quantitative estimate of drug-likeness (QED) is 0.791. The molecule has 2 saturated heterocycles. The van der Waals surface area contributed by atoms with Crippen LogP contribution in [-0.2, 0) is 11.3 Å². The molecule has 0 bridgehead atoms. The van der Waals surface area contributed by atoms with Gasteiger partial charge in [0, 0.05) is 36.9 Å². The fraction of sp³-hybridized carbons (Fsp3) is 0.727. The molecular weight excluding hydrogens is 358 g/mol. The van der Waals surface area contributed by atoms with Gasteiger partial charge >= 0.3 is 0 Å². The Labute approximate surface area is 170 Å². The van der Waals surface area contributed by atoms with Crippen molar-refractivity contribution < 1.29 is 4.74 Å². The van der Waals surface area contributed by atoms with Gasteiger partial charge in [-0.3, -0.25) is 4.90 Å².